The Labute approximate surface area is 164 Å². The van der Waals surface area contributed by atoms with Crippen LogP contribution in [0, 0.1) is 23.0 Å². The molecule has 1 aromatic carbocycles. The van der Waals surface area contributed by atoms with Crippen LogP contribution in [-0.2, 0) is 19.4 Å². The van der Waals surface area contributed by atoms with E-state index in [9.17, 15) is 19.7 Å². The monoisotopic (exact) mass is 397 g/mol. The minimum Gasteiger partial charge on any atom is -0.292 e. The molecule has 8 heteroatoms. The largest absolute Gasteiger partial charge is 0.292 e. The Morgan fingerprint density at radius 3 is 2.96 bits per heavy atom. The lowest BCUT2D eigenvalue weighted by atomic mass is 9.89. The number of carbonyl (C=O) groups is 1. The molecule has 0 radical (unpaired) electrons. The highest BCUT2D eigenvalue weighted by molar-refractivity contribution is 7.18. The van der Waals surface area contributed by atoms with Crippen molar-refractivity contribution in [2.45, 2.75) is 39.7 Å². The zero-order chi connectivity index (χ0) is 20.0. The van der Waals surface area contributed by atoms with Crippen molar-refractivity contribution in [1.82, 2.24) is 9.55 Å². The molecule has 0 spiro atoms. The van der Waals surface area contributed by atoms with Crippen LogP contribution in [0.1, 0.15) is 39.7 Å². The summed E-state index contributed by atoms with van der Waals surface area (Å²) in [4.78, 5) is 42.6. The van der Waals surface area contributed by atoms with Crippen molar-refractivity contribution in [2.75, 3.05) is 0 Å². The van der Waals surface area contributed by atoms with E-state index in [1.165, 1.54) is 21.8 Å². The third-order valence-electron chi connectivity index (χ3n) is 5.32. The number of nitro benzene ring substituents is 1. The molecule has 0 aliphatic heterocycles. The van der Waals surface area contributed by atoms with Crippen LogP contribution in [-0.4, -0.2) is 20.3 Å². The molecule has 0 amide bonds. The minimum atomic E-state index is -0.509. The van der Waals surface area contributed by atoms with Crippen molar-refractivity contribution in [3.63, 3.8) is 0 Å². The molecule has 0 saturated carbocycles. The van der Waals surface area contributed by atoms with E-state index in [0.29, 0.717) is 16.9 Å². The third kappa shape index (κ3) is 3.13. The van der Waals surface area contributed by atoms with Gasteiger partial charge in [0.05, 0.1) is 23.2 Å². The van der Waals surface area contributed by atoms with Crippen molar-refractivity contribution in [1.29, 1.82) is 0 Å². The van der Waals surface area contributed by atoms with Gasteiger partial charge in [0.25, 0.3) is 11.2 Å². The van der Waals surface area contributed by atoms with Gasteiger partial charge in [-0.2, -0.15) is 0 Å². The van der Waals surface area contributed by atoms with Crippen molar-refractivity contribution in [3.8, 4) is 0 Å². The van der Waals surface area contributed by atoms with Crippen molar-refractivity contribution in [2.24, 2.45) is 5.92 Å². The van der Waals surface area contributed by atoms with E-state index < -0.39 is 4.92 Å². The molecule has 0 bridgehead atoms. The number of ketones is 1. The zero-order valence-corrected chi connectivity index (χ0v) is 16.4. The van der Waals surface area contributed by atoms with E-state index in [2.05, 4.69) is 11.9 Å². The highest BCUT2D eigenvalue weighted by Crippen LogP contribution is 2.35. The van der Waals surface area contributed by atoms with E-state index in [1.807, 2.05) is 0 Å². The van der Waals surface area contributed by atoms with Gasteiger partial charge < -0.3 is 0 Å². The van der Waals surface area contributed by atoms with E-state index >= 15 is 0 Å². The van der Waals surface area contributed by atoms with Gasteiger partial charge in [0.1, 0.15) is 4.83 Å². The molecule has 2 aromatic heterocycles. The normalized spacial score (nSPS) is 16.1. The Balaban J connectivity index is 1.70. The Kier molecular flexibility index (Phi) is 4.58. The molecule has 0 fully saturated rings. The van der Waals surface area contributed by atoms with Crippen LogP contribution >= 0.6 is 11.3 Å². The number of rotatable bonds is 4. The van der Waals surface area contributed by atoms with Gasteiger partial charge in [-0.3, -0.25) is 24.3 Å². The maximum absolute atomic E-state index is 13.0. The molecule has 0 saturated heterocycles. The number of aryl methyl sites for hydroxylation is 2. The summed E-state index contributed by atoms with van der Waals surface area (Å²) >= 11 is 1.56. The lowest BCUT2D eigenvalue weighted by molar-refractivity contribution is -0.385. The van der Waals surface area contributed by atoms with Crippen LogP contribution in [0.3, 0.4) is 0 Å². The molecular formula is C20H19N3O4S. The standard InChI is InChI=1S/C20H19N3O4S/c1-11-3-6-14-17(7-11)28-19-18(14)20(25)22(10-21-19)9-16(24)13-5-4-12(2)15(8-13)23(26)27/h4-5,8,10-11H,3,6-7,9H2,1-2H3/t11-/m0/s1. The number of hydrogen-bond donors (Lipinski definition) is 0. The summed E-state index contributed by atoms with van der Waals surface area (Å²) in [6, 6.07) is 4.37. The Hall–Kier alpha value is -2.87. The second-order valence-electron chi connectivity index (χ2n) is 7.39. The summed E-state index contributed by atoms with van der Waals surface area (Å²) in [6.07, 6.45) is 4.26. The quantitative estimate of drug-likeness (QED) is 0.380. The van der Waals surface area contributed by atoms with Crippen molar-refractivity contribution < 1.29 is 9.72 Å². The predicted octanol–water partition coefficient (Wildman–Crippen LogP) is 3.68. The van der Waals surface area contributed by atoms with Gasteiger partial charge in [-0.15, -0.1) is 11.3 Å². The third-order valence-corrected chi connectivity index (χ3v) is 6.49. The van der Waals surface area contributed by atoms with Gasteiger partial charge in [0, 0.05) is 22.1 Å². The fourth-order valence-electron chi connectivity index (χ4n) is 3.70. The number of benzene rings is 1. The molecule has 0 N–H and O–H groups in total. The summed E-state index contributed by atoms with van der Waals surface area (Å²) in [5, 5.41) is 11.7. The first kappa shape index (κ1) is 18.5. The molecule has 3 aromatic rings. The molecule has 0 unspecified atom stereocenters. The Bertz CT molecular complexity index is 1180. The number of thiophene rings is 1. The summed E-state index contributed by atoms with van der Waals surface area (Å²) in [6.45, 7) is 3.64. The molecule has 144 valence electrons. The maximum Gasteiger partial charge on any atom is 0.273 e. The molecule has 1 aliphatic carbocycles. The summed E-state index contributed by atoms with van der Waals surface area (Å²) < 4.78 is 1.31. The van der Waals surface area contributed by atoms with Gasteiger partial charge in [0.2, 0.25) is 0 Å². The number of hydrogen-bond acceptors (Lipinski definition) is 6. The lowest BCUT2D eigenvalue weighted by Crippen LogP contribution is -2.25. The van der Waals surface area contributed by atoms with Crippen LogP contribution in [0.5, 0.6) is 0 Å². The topological polar surface area (TPSA) is 95.1 Å². The first-order valence-corrected chi connectivity index (χ1v) is 9.94. The number of nitro groups is 1. The molecule has 2 heterocycles. The highest BCUT2D eigenvalue weighted by atomic mass is 32.1. The van der Waals surface area contributed by atoms with Crippen LogP contribution in [0.4, 0.5) is 5.69 Å². The number of fused-ring (bicyclic) bond motifs is 3. The van der Waals surface area contributed by atoms with E-state index in [-0.39, 0.29) is 29.1 Å². The van der Waals surface area contributed by atoms with Gasteiger partial charge in [-0.1, -0.05) is 19.1 Å². The van der Waals surface area contributed by atoms with Crippen LogP contribution in [0.15, 0.2) is 29.3 Å². The Morgan fingerprint density at radius 1 is 1.43 bits per heavy atom. The first-order valence-electron chi connectivity index (χ1n) is 9.13. The van der Waals surface area contributed by atoms with E-state index in [1.54, 1.807) is 30.4 Å². The van der Waals surface area contributed by atoms with Gasteiger partial charge in [-0.05, 0) is 37.7 Å². The van der Waals surface area contributed by atoms with Crippen LogP contribution < -0.4 is 5.56 Å². The molecular weight excluding hydrogens is 378 g/mol. The molecule has 28 heavy (non-hydrogen) atoms. The fourth-order valence-corrected chi connectivity index (χ4v) is 5.05. The first-order chi connectivity index (χ1) is 13.3. The van der Waals surface area contributed by atoms with Crippen LogP contribution in [0.25, 0.3) is 10.2 Å². The minimum absolute atomic E-state index is 0.104. The van der Waals surface area contributed by atoms with Crippen molar-refractivity contribution in [3.05, 3.63) is 66.6 Å². The van der Waals surface area contributed by atoms with Gasteiger partial charge >= 0.3 is 0 Å². The smallest absolute Gasteiger partial charge is 0.273 e. The average molecular weight is 397 g/mol. The summed E-state index contributed by atoms with van der Waals surface area (Å²) in [5.74, 6) is 0.241. The molecule has 1 aliphatic rings. The van der Waals surface area contributed by atoms with E-state index in [4.69, 9.17) is 0 Å². The second-order valence-corrected chi connectivity index (χ2v) is 8.47. The van der Waals surface area contributed by atoms with Crippen LogP contribution in [0.2, 0.25) is 0 Å². The molecule has 4 rings (SSSR count). The van der Waals surface area contributed by atoms with Crippen molar-refractivity contribution >= 4 is 33.0 Å². The summed E-state index contributed by atoms with van der Waals surface area (Å²) in [5.41, 5.74) is 1.45. The second kappa shape index (κ2) is 6.94. The fraction of sp³-hybridized carbons (Fsp3) is 0.350. The van der Waals surface area contributed by atoms with E-state index in [0.717, 1.165) is 29.7 Å². The SMILES string of the molecule is Cc1ccc(C(=O)Cn2cnc3sc4c(c3c2=O)CC[C@H](C)C4)cc1[N+](=O)[O-]. The number of aromatic nitrogens is 2. The predicted molar refractivity (Wildman–Crippen MR) is 107 cm³/mol. The van der Waals surface area contributed by atoms with Gasteiger partial charge in [0.15, 0.2) is 5.78 Å². The average Bonchev–Trinajstić information content (AvgIpc) is 3.02. The maximum atomic E-state index is 13.0. The zero-order valence-electron chi connectivity index (χ0n) is 15.6. The molecule has 1 atom stereocenters. The lowest BCUT2D eigenvalue weighted by Gasteiger charge is -2.17. The molecule has 7 nitrogen and oxygen atoms in total. The highest BCUT2D eigenvalue weighted by Gasteiger charge is 2.24. The van der Waals surface area contributed by atoms with Gasteiger partial charge in [-0.25, -0.2) is 4.98 Å². The Morgan fingerprint density at radius 2 is 2.21 bits per heavy atom. The number of Topliss-reactive ketones (excluding diaryl/α,β-unsaturated/α-hetero) is 1. The number of carbonyl (C=O) groups excluding carboxylic acids is 1. The number of nitrogens with zero attached hydrogens (tertiary/aromatic N) is 3. The summed E-state index contributed by atoms with van der Waals surface area (Å²) in [7, 11) is 0.